The largest absolute Gasteiger partial charge is 0.514 e. The lowest BCUT2D eigenvalue weighted by Gasteiger charge is -2.25. The highest BCUT2D eigenvalue weighted by molar-refractivity contribution is 5.75. The van der Waals surface area contributed by atoms with Crippen molar-refractivity contribution in [3.05, 3.63) is 23.8 Å². The van der Waals surface area contributed by atoms with Crippen molar-refractivity contribution >= 4 is 24.2 Å². The summed E-state index contributed by atoms with van der Waals surface area (Å²) in [5.74, 6) is -2.79. The van der Waals surface area contributed by atoms with Gasteiger partial charge in [-0.3, -0.25) is 9.59 Å². The number of rotatable bonds is 17. The number of hydrogen-bond donors (Lipinski definition) is 2. The lowest BCUT2D eigenvalue weighted by atomic mass is 9.87. The molecule has 3 N–H and O–H groups in total. The Balaban J connectivity index is 3.31. The van der Waals surface area contributed by atoms with Crippen molar-refractivity contribution in [1.82, 2.24) is 0 Å². The first-order valence-corrected chi connectivity index (χ1v) is 14.0. The second-order valence-corrected chi connectivity index (χ2v) is 9.95. The molecule has 0 aliphatic carbocycles. The summed E-state index contributed by atoms with van der Waals surface area (Å²) in [7, 11) is 0. The Labute approximate surface area is 236 Å². The summed E-state index contributed by atoms with van der Waals surface area (Å²) in [5.41, 5.74) is 6.40. The van der Waals surface area contributed by atoms with E-state index in [1.807, 2.05) is 20.8 Å². The SMILES string of the molecule is CCCCC(=O)OC(C)CC(c1ccc(OC(=O)OC(C)CCC)c(OC(=O)OC(C)CCC)c1)[C@H](N)C(=O)O. The summed E-state index contributed by atoms with van der Waals surface area (Å²) in [6, 6.07) is 2.87. The Kier molecular flexibility index (Phi) is 15.7. The van der Waals surface area contributed by atoms with Crippen LogP contribution in [0.1, 0.15) is 104 Å². The maximum absolute atomic E-state index is 12.5. The van der Waals surface area contributed by atoms with Gasteiger partial charge in [0.15, 0.2) is 11.5 Å². The minimum atomic E-state index is -1.37. The highest BCUT2D eigenvalue weighted by atomic mass is 16.7. The molecule has 1 rings (SSSR count). The van der Waals surface area contributed by atoms with Crippen molar-refractivity contribution in [2.75, 3.05) is 0 Å². The number of unbranched alkanes of at least 4 members (excludes halogenated alkanes) is 1. The predicted octanol–water partition coefficient (Wildman–Crippen LogP) is 6.10. The number of carbonyl (C=O) groups excluding carboxylic acids is 3. The summed E-state index contributed by atoms with van der Waals surface area (Å²) in [6.45, 7) is 11.0. The van der Waals surface area contributed by atoms with Gasteiger partial charge in [0.05, 0.1) is 6.10 Å². The molecule has 1 aromatic rings. The first-order chi connectivity index (χ1) is 18.9. The van der Waals surface area contributed by atoms with Crippen molar-refractivity contribution in [3.63, 3.8) is 0 Å². The normalized spacial score (nSPS) is 14.7. The van der Waals surface area contributed by atoms with Crippen molar-refractivity contribution in [3.8, 4) is 11.5 Å². The Morgan fingerprint density at radius 2 is 1.35 bits per heavy atom. The smallest absolute Gasteiger partial charge is 0.480 e. The summed E-state index contributed by atoms with van der Waals surface area (Å²) in [5, 5.41) is 9.67. The van der Waals surface area contributed by atoms with E-state index in [1.165, 1.54) is 18.2 Å². The van der Waals surface area contributed by atoms with Crippen LogP contribution < -0.4 is 15.2 Å². The van der Waals surface area contributed by atoms with Gasteiger partial charge in [-0.05, 0) is 64.2 Å². The highest BCUT2D eigenvalue weighted by Gasteiger charge is 2.30. The summed E-state index contributed by atoms with van der Waals surface area (Å²) in [6.07, 6.45) is 1.23. The molecule has 0 heterocycles. The summed E-state index contributed by atoms with van der Waals surface area (Å²) in [4.78, 5) is 48.8. The zero-order valence-electron chi connectivity index (χ0n) is 24.5. The van der Waals surface area contributed by atoms with Crippen LogP contribution in [0.4, 0.5) is 9.59 Å². The van der Waals surface area contributed by atoms with Crippen molar-refractivity contribution < 1.29 is 48.0 Å². The lowest BCUT2D eigenvalue weighted by molar-refractivity contribution is -0.149. The number of hydrogen-bond acceptors (Lipinski definition) is 10. The number of esters is 1. The Morgan fingerprint density at radius 3 is 1.85 bits per heavy atom. The number of carbonyl (C=O) groups is 4. The molecule has 11 nitrogen and oxygen atoms in total. The molecule has 4 unspecified atom stereocenters. The topological polar surface area (TPSA) is 161 Å². The molecule has 0 bridgehead atoms. The van der Waals surface area contributed by atoms with E-state index < -0.39 is 42.4 Å². The van der Waals surface area contributed by atoms with Gasteiger partial charge in [0.25, 0.3) is 0 Å². The van der Waals surface area contributed by atoms with Gasteiger partial charge in [-0.2, -0.15) is 0 Å². The fraction of sp³-hybridized carbons (Fsp3) is 0.655. The molecule has 40 heavy (non-hydrogen) atoms. The summed E-state index contributed by atoms with van der Waals surface area (Å²) >= 11 is 0. The van der Waals surface area contributed by atoms with E-state index in [9.17, 15) is 24.3 Å². The molecular formula is C29H45NO10. The van der Waals surface area contributed by atoms with E-state index in [2.05, 4.69) is 0 Å². The number of carboxylic acids is 1. The first kappa shape index (κ1) is 34.7. The van der Waals surface area contributed by atoms with E-state index in [0.29, 0.717) is 24.8 Å². The number of aliphatic carboxylic acids is 1. The molecule has 0 amide bonds. The van der Waals surface area contributed by atoms with E-state index >= 15 is 0 Å². The van der Waals surface area contributed by atoms with Crippen LogP contribution in [-0.2, 0) is 23.8 Å². The standard InChI is InChI=1S/C29H45NO10/c1-7-10-13-25(31)36-20(6)16-22(26(30)27(32)33)21-14-15-23(39-28(34)37-18(4)11-8-2)24(17-21)40-29(35)38-19(5)12-9-3/h14-15,17-20,22,26H,7-13,16,30H2,1-6H3,(H,32,33)/t18?,19?,20?,22?,26-/m0/s1. The molecule has 11 heteroatoms. The van der Waals surface area contributed by atoms with Crippen LogP contribution in [0.3, 0.4) is 0 Å². The van der Waals surface area contributed by atoms with Crippen molar-refractivity contribution in [2.45, 2.75) is 123 Å². The molecule has 0 radical (unpaired) electrons. The molecular weight excluding hydrogens is 522 g/mol. The van der Waals surface area contributed by atoms with Gasteiger partial charge in [-0.1, -0.05) is 46.1 Å². The van der Waals surface area contributed by atoms with Crippen molar-refractivity contribution in [2.24, 2.45) is 5.73 Å². The number of carboxylic acid groups (broad SMARTS) is 1. The van der Waals surface area contributed by atoms with E-state index in [0.717, 1.165) is 19.3 Å². The first-order valence-electron chi connectivity index (χ1n) is 14.0. The predicted molar refractivity (Wildman–Crippen MR) is 147 cm³/mol. The van der Waals surface area contributed by atoms with Gasteiger partial charge < -0.3 is 34.5 Å². The van der Waals surface area contributed by atoms with E-state index in [-0.39, 0.29) is 36.4 Å². The number of nitrogens with two attached hydrogens (primary N) is 1. The quantitative estimate of drug-likeness (QED) is 0.127. The minimum absolute atomic E-state index is 0.0829. The Morgan fingerprint density at radius 1 is 0.800 bits per heavy atom. The average Bonchev–Trinajstić information content (AvgIpc) is 2.86. The molecule has 0 fully saturated rings. The van der Waals surface area contributed by atoms with Gasteiger partial charge in [-0.25, -0.2) is 9.59 Å². The third-order valence-electron chi connectivity index (χ3n) is 6.14. The number of benzene rings is 1. The molecule has 0 spiro atoms. The van der Waals surface area contributed by atoms with Crippen LogP contribution in [-0.4, -0.2) is 53.7 Å². The summed E-state index contributed by atoms with van der Waals surface area (Å²) < 4.78 is 26.7. The van der Waals surface area contributed by atoms with Crippen LogP contribution in [0.2, 0.25) is 0 Å². The highest BCUT2D eigenvalue weighted by Crippen LogP contribution is 2.35. The van der Waals surface area contributed by atoms with Gasteiger partial charge in [0, 0.05) is 12.3 Å². The maximum Gasteiger partial charge on any atom is 0.514 e. The van der Waals surface area contributed by atoms with Crippen molar-refractivity contribution in [1.29, 1.82) is 0 Å². The zero-order chi connectivity index (χ0) is 30.2. The monoisotopic (exact) mass is 567 g/mol. The lowest BCUT2D eigenvalue weighted by Crippen LogP contribution is -2.38. The zero-order valence-corrected chi connectivity index (χ0v) is 24.5. The molecule has 0 saturated heterocycles. The fourth-order valence-corrected chi connectivity index (χ4v) is 4.08. The van der Waals surface area contributed by atoms with Crippen LogP contribution in [0.5, 0.6) is 11.5 Å². The average molecular weight is 568 g/mol. The number of ether oxygens (including phenoxy) is 5. The Bertz CT molecular complexity index is 966. The van der Waals surface area contributed by atoms with E-state index in [4.69, 9.17) is 29.4 Å². The Hall–Kier alpha value is -3.34. The second-order valence-electron chi connectivity index (χ2n) is 9.95. The molecule has 5 atom stereocenters. The maximum atomic E-state index is 12.5. The molecule has 0 aromatic heterocycles. The molecule has 0 aliphatic rings. The minimum Gasteiger partial charge on any atom is -0.480 e. The van der Waals surface area contributed by atoms with Gasteiger partial charge in [-0.15, -0.1) is 0 Å². The van der Waals surface area contributed by atoms with Gasteiger partial charge >= 0.3 is 24.2 Å². The molecule has 0 saturated carbocycles. The molecule has 1 aromatic carbocycles. The van der Waals surface area contributed by atoms with E-state index in [1.54, 1.807) is 20.8 Å². The van der Waals surface area contributed by atoms with Gasteiger partial charge in [0.2, 0.25) is 0 Å². The fourth-order valence-electron chi connectivity index (χ4n) is 4.08. The van der Waals surface area contributed by atoms with Gasteiger partial charge in [0.1, 0.15) is 18.2 Å². The van der Waals surface area contributed by atoms with Crippen LogP contribution in [0.25, 0.3) is 0 Å². The molecule has 226 valence electrons. The molecule has 0 aliphatic heterocycles. The van der Waals surface area contributed by atoms with Crippen LogP contribution in [0, 0.1) is 0 Å². The van der Waals surface area contributed by atoms with Crippen LogP contribution in [0.15, 0.2) is 18.2 Å². The second kappa shape index (κ2) is 18.1. The third-order valence-corrected chi connectivity index (χ3v) is 6.14. The van der Waals surface area contributed by atoms with Crippen LogP contribution >= 0.6 is 0 Å². The third kappa shape index (κ3) is 12.7.